The van der Waals surface area contributed by atoms with E-state index in [1.54, 1.807) is 61.2 Å². The van der Waals surface area contributed by atoms with Gasteiger partial charge in [0, 0.05) is 29.4 Å². The number of likely N-dealkylation sites (tertiary alicyclic amines) is 1. The fraction of sp³-hybridized carbons (Fsp3) is 0.364. The number of anilines is 2. The van der Waals surface area contributed by atoms with Gasteiger partial charge in [0.1, 0.15) is 0 Å². The lowest BCUT2D eigenvalue weighted by molar-refractivity contribution is -0.121. The molecule has 2 aromatic rings. The van der Waals surface area contributed by atoms with Crippen LogP contribution in [0.1, 0.15) is 35.7 Å². The number of aryl methyl sites for hydroxylation is 1. The minimum atomic E-state index is -3.37. The monoisotopic (exact) mass is 463 g/mol. The summed E-state index contributed by atoms with van der Waals surface area (Å²) in [5.74, 6) is -0.603. The number of halogens is 1. The van der Waals surface area contributed by atoms with Crippen LogP contribution < -0.4 is 10.0 Å². The number of carbonyl (C=O) groups excluding carboxylic acids is 2. The summed E-state index contributed by atoms with van der Waals surface area (Å²) in [7, 11) is -3.37. The number of nitrogens with one attached hydrogen (secondary N) is 2. The van der Waals surface area contributed by atoms with Gasteiger partial charge in [0.15, 0.2) is 0 Å². The Hall–Kier alpha value is -2.58. The molecule has 0 aliphatic carbocycles. The number of nitrogens with zero attached hydrogens (tertiary/aromatic N) is 1. The van der Waals surface area contributed by atoms with Gasteiger partial charge in [-0.2, -0.15) is 0 Å². The lowest BCUT2D eigenvalue weighted by atomic mass is 9.96. The van der Waals surface area contributed by atoms with E-state index in [0.717, 1.165) is 6.42 Å². The van der Waals surface area contributed by atoms with E-state index in [1.165, 1.54) is 0 Å². The largest absolute Gasteiger partial charge is 0.338 e. The van der Waals surface area contributed by atoms with Gasteiger partial charge in [0.05, 0.1) is 17.4 Å². The Morgan fingerprint density at radius 2 is 1.87 bits per heavy atom. The van der Waals surface area contributed by atoms with Crippen molar-refractivity contribution < 1.29 is 18.0 Å². The predicted octanol–water partition coefficient (Wildman–Crippen LogP) is 3.90. The normalized spacial score (nSPS) is 16.6. The van der Waals surface area contributed by atoms with Crippen LogP contribution in [0.4, 0.5) is 11.4 Å². The van der Waals surface area contributed by atoms with Crippen molar-refractivity contribution in [3.63, 3.8) is 0 Å². The van der Waals surface area contributed by atoms with Crippen LogP contribution in [0, 0.1) is 12.8 Å². The zero-order valence-corrected chi connectivity index (χ0v) is 19.1. The highest BCUT2D eigenvalue weighted by Crippen LogP contribution is 2.24. The number of hydrogen-bond donors (Lipinski definition) is 2. The lowest BCUT2D eigenvalue weighted by Crippen LogP contribution is -2.43. The third kappa shape index (κ3) is 5.98. The molecule has 2 aromatic carbocycles. The molecule has 2 amide bonds. The van der Waals surface area contributed by atoms with Gasteiger partial charge in [-0.15, -0.1) is 0 Å². The molecule has 9 heteroatoms. The maximum atomic E-state index is 12.8. The summed E-state index contributed by atoms with van der Waals surface area (Å²) in [6, 6.07) is 11.8. The van der Waals surface area contributed by atoms with E-state index in [2.05, 4.69) is 10.0 Å². The van der Waals surface area contributed by atoms with Gasteiger partial charge in [-0.3, -0.25) is 14.3 Å². The molecule has 0 aromatic heterocycles. The first-order valence-corrected chi connectivity index (χ1v) is 12.2. The Morgan fingerprint density at radius 1 is 1.16 bits per heavy atom. The number of sulfonamides is 1. The Morgan fingerprint density at radius 3 is 2.52 bits per heavy atom. The van der Waals surface area contributed by atoms with Gasteiger partial charge in [0.25, 0.3) is 5.91 Å². The van der Waals surface area contributed by atoms with E-state index in [9.17, 15) is 18.0 Å². The molecule has 0 spiro atoms. The molecule has 1 fully saturated rings. The van der Waals surface area contributed by atoms with Crippen molar-refractivity contribution in [3.05, 3.63) is 58.6 Å². The van der Waals surface area contributed by atoms with E-state index >= 15 is 0 Å². The van der Waals surface area contributed by atoms with Gasteiger partial charge in [-0.25, -0.2) is 8.42 Å². The van der Waals surface area contributed by atoms with Crippen LogP contribution in [0.5, 0.6) is 0 Å². The Balaban J connectivity index is 1.64. The number of rotatable bonds is 6. The zero-order chi connectivity index (χ0) is 22.6. The quantitative estimate of drug-likeness (QED) is 0.679. The van der Waals surface area contributed by atoms with Crippen molar-refractivity contribution in [1.82, 2.24) is 4.90 Å². The van der Waals surface area contributed by atoms with Crippen LogP contribution in [-0.4, -0.2) is 44.0 Å². The Kier molecular flexibility index (Phi) is 7.23. The zero-order valence-electron chi connectivity index (χ0n) is 17.5. The molecule has 0 saturated carbocycles. The molecule has 0 bridgehead atoms. The van der Waals surface area contributed by atoms with Crippen LogP contribution in [0.25, 0.3) is 0 Å². The topological polar surface area (TPSA) is 95.6 Å². The SMILES string of the molecule is CCS(=O)(=O)Nc1ccc(NC(=O)C2CCCN(C(=O)c3ccc(Cl)cc3)C2)cc1C. The number of hydrogen-bond acceptors (Lipinski definition) is 4. The highest BCUT2D eigenvalue weighted by Gasteiger charge is 2.29. The predicted molar refractivity (Wildman–Crippen MR) is 123 cm³/mol. The third-order valence-electron chi connectivity index (χ3n) is 5.31. The van der Waals surface area contributed by atoms with Gasteiger partial charge < -0.3 is 10.2 Å². The minimum absolute atomic E-state index is 0.0160. The molecule has 31 heavy (non-hydrogen) atoms. The maximum absolute atomic E-state index is 12.8. The molecule has 1 atom stereocenters. The Bertz CT molecular complexity index is 1070. The lowest BCUT2D eigenvalue weighted by Gasteiger charge is -2.32. The number of carbonyl (C=O) groups is 2. The molecule has 2 N–H and O–H groups in total. The van der Waals surface area contributed by atoms with Gasteiger partial charge in [-0.1, -0.05) is 11.6 Å². The molecule has 1 aliphatic rings. The van der Waals surface area contributed by atoms with E-state index < -0.39 is 10.0 Å². The van der Waals surface area contributed by atoms with Gasteiger partial charge in [0.2, 0.25) is 15.9 Å². The van der Waals surface area contributed by atoms with Crippen molar-refractivity contribution in [1.29, 1.82) is 0 Å². The standard InChI is InChI=1S/C22H26ClN3O4S/c1-3-31(29,30)25-20-11-10-19(13-15(20)2)24-21(27)17-5-4-12-26(14-17)22(28)16-6-8-18(23)9-7-16/h6-11,13,17,25H,3-5,12,14H2,1-2H3,(H,24,27). The van der Waals surface area contributed by atoms with Crippen LogP contribution in [0.3, 0.4) is 0 Å². The second kappa shape index (κ2) is 9.70. The van der Waals surface area contributed by atoms with E-state index in [0.29, 0.717) is 47.0 Å². The highest BCUT2D eigenvalue weighted by molar-refractivity contribution is 7.92. The van der Waals surface area contributed by atoms with Crippen molar-refractivity contribution in [2.24, 2.45) is 5.92 Å². The molecule has 1 aliphatic heterocycles. The summed E-state index contributed by atoms with van der Waals surface area (Å²) in [6.07, 6.45) is 1.44. The maximum Gasteiger partial charge on any atom is 0.253 e. The summed E-state index contributed by atoms with van der Waals surface area (Å²) in [5.41, 5.74) is 2.32. The fourth-order valence-corrected chi connectivity index (χ4v) is 4.33. The van der Waals surface area contributed by atoms with Crippen LogP contribution in [0.2, 0.25) is 5.02 Å². The van der Waals surface area contributed by atoms with Crippen molar-refractivity contribution in [2.45, 2.75) is 26.7 Å². The number of amides is 2. The summed E-state index contributed by atoms with van der Waals surface area (Å²) >= 11 is 5.89. The van der Waals surface area contributed by atoms with Crippen molar-refractivity contribution >= 4 is 44.8 Å². The van der Waals surface area contributed by atoms with E-state index in [-0.39, 0.29) is 23.5 Å². The molecule has 1 heterocycles. The molecule has 166 valence electrons. The number of piperidine rings is 1. The average Bonchev–Trinajstić information content (AvgIpc) is 2.75. The smallest absolute Gasteiger partial charge is 0.253 e. The van der Waals surface area contributed by atoms with E-state index in [4.69, 9.17) is 11.6 Å². The first-order valence-electron chi connectivity index (χ1n) is 10.2. The van der Waals surface area contributed by atoms with Crippen molar-refractivity contribution in [2.75, 3.05) is 28.9 Å². The minimum Gasteiger partial charge on any atom is -0.338 e. The molecule has 3 rings (SSSR count). The second-order valence-electron chi connectivity index (χ2n) is 7.62. The molecule has 1 saturated heterocycles. The first-order chi connectivity index (χ1) is 14.7. The molecule has 7 nitrogen and oxygen atoms in total. The second-order valence-corrected chi connectivity index (χ2v) is 10.1. The summed E-state index contributed by atoms with van der Waals surface area (Å²) < 4.78 is 26.1. The first kappa shape index (κ1) is 23.1. The molecule has 0 radical (unpaired) electrons. The summed E-state index contributed by atoms with van der Waals surface area (Å²) in [4.78, 5) is 27.3. The number of benzene rings is 2. The molecular weight excluding hydrogens is 438 g/mol. The van der Waals surface area contributed by atoms with E-state index in [1.807, 2.05) is 0 Å². The van der Waals surface area contributed by atoms with Gasteiger partial charge >= 0.3 is 0 Å². The van der Waals surface area contributed by atoms with Crippen LogP contribution in [0.15, 0.2) is 42.5 Å². The fourth-order valence-electron chi connectivity index (χ4n) is 3.49. The van der Waals surface area contributed by atoms with Crippen LogP contribution in [-0.2, 0) is 14.8 Å². The third-order valence-corrected chi connectivity index (χ3v) is 6.85. The summed E-state index contributed by atoms with van der Waals surface area (Å²) in [6.45, 7) is 4.30. The average molecular weight is 464 g/mol. The highest BCUT2D eigenvalue weighted by atomic mass is 35.5. The summed E-state index contributed by atoms with van der Waals surface area (Å²) in [5, 5.41) is 3.46. The van der Waals surface area contributed by atoms with Crippen molar-refractivity contribution in [3.8, 4) is 0 Å². The van der Waals surface area contributed by atoms with Crippen LogP contribution >= 0.6 is 11.6 Å². The molecule has 1 unspecified atom stereocenters. The van der Waals surface area contributed by atoms with Gasteiger partial charge in [-0.05, 0) is 74.7 Å². The molecular formula is C22H26ClN3O4S. The Labute approximate surface area is 187 Å².